The van der Waals surface area contributed by atoms with Crippen LogP contribution in [0.15, 0.2) is 77.7 Å². The number of fused-ring (bicyclic) bond motifs is 1. The quantitative estimate of drug-likeness (QED) is 0.397. The molecule has 0 bridgehead atoms. The molecular weight excluding hydrogens is 472 g/mol. The van der Waals surface area contributed by atoms with Crippen molar-refractivity contribution in [3.63, 3.8) is 0 Å². The van der Waals surface area contributed by atoms with Crippen LogP contribution in [0.25, 0.3) is 11.0 Å². The van der Waals surface area contributed by atoms with Crippen molar-refractivity contribution in [2.75, 3.05) is 26.2 Å². The fraction of sp³-hybridized carbons (Fsp3) is 0.167. The molecule has 0 N–H and O–H groups in total. The molecule has 1 saturated heterocycles. The topological polar surface area (TPSA) is 101 Å². The number of nitrogens with zero attached hydrogens (tertiary/aromatic N) is 4. The smallest absolute Gasteiger partial charge is 0.253 e. The molecule has 1 fully saturated rings. The van der Waals surface area contributed by atoms with Crippen LogP contribution < -0.4 is 0 Å². The highest BCUT2D eigenvalue weighted by Crippen LogP contribution is 2.25. The first-order valence-corrected chi connectivity index (χ1v) is 12.8. The van der Waals surface area contributed by atoms with Crippen LogP contribution in [0.2, 0.25) is 0 Å². The zero-order valence-corrected chi connectivity index (χ0v) is 19.6. The number of hydrogen-bond donors (Lipinski definition) is 0. The zero-order chi connectivity index (χ0) is 23.7. The van der Waals surface area contributed by atoms with Crippen LogP contribution in [-0.4, -0.2) is 64.2 Å². The molecule has 5 rings (SSSR count). The minimum atomic E-state index is -3.75. The van der Waals surface area contributed by atoms with Crippen molar-refractivity contribution >= 4 is 44.5 Å². The summed E-state index contributed by atoms with van der Waals surface area (Å²) in [5.74, 6) is -0.301. The highest BCUT2D eigenvalue weighted by molar-refractivity contribution is 7.89. The summed E-state index contributed by atoms with van der Waals surface area (Å²) < 4.78 is 36.0. The minimum Gasteiger partial charge on any atom is -0.336 e. The maximum atomic E-state index is 13.2. The van der Waals surface area contributed by atoms with E-state index in [0.717, 1.165) is 11.7 Å². The number of piperazine rings is 1. The van der Waals surface area contributed by atoms with Crippen LogP contribution in [0.1, 0.15) is 26.3 Å². The van der Waals surface area contributed by atoms with E-state index in [1.54, 1.807) is 65.6 Å². The average molecular weight is 493 g/mol. The van der Waals surface area contributed by atoms with E-state index < -0.39 is 10.0 Å². The molecule has 3 aromatic carbocycles. The van der Waals surface area contributed by atoms with E-state index in [0.29, 0.717) is 27.7 Å². The fourth-order valence-electron chi connectivity index (χ4n) is 3.96. The first-order valence-electron chi connectivity index (χ1n) is 10.7. The Morgan fingerprint density at radius 1 is 0.735 bits per heavy atom. The molecule has 2 heterocycles. The predicted molar refractivity (Wildman–Crippen MR) is 128 cm³/mol. The summed E-state index contributed by atoms with van der Waals surface area (Å²) in [6, 6.07) is 20.4. The lowest BCUT2D eigenvalue weighted by Gasteiger charge is -2.34. The number of carbonyl (C=O) groups is 2. The predicted octanol–water partition coefficient (Wildman–Crippen LogP) is 3.07. The lowest BCUT2D eigenvalue weighted by molar-refractivity contribution is 0.0697. The van der Waals surface area contributed by atoms with Crippen molar-refractivity contribution in [1.29, 1.82) is 0 Å². The molecule has 0 saturated carbocycles. The second-order valence-corrected chi connectivity index (χ2v) is 10.3. The summed E-state index contributed by atoms with van der Waals surface area (Å²) in [6.45, 7) is 0.918. The number of amides is 1. The van der Waals surface area contributed by atoms with Gasteiger partial charge in [-0.25, -0.2) is 8.42 Å². The molecule has 10 heteroatoms. The van der Waals surface area contributed by atoms with Gasteiger partial charge < -0.3 is 4.90 Å². The van der Waals surface area contributed by atoms with Gasteiger partial charge >= 0.3 is 0 Å². The standard InChI is InChI=1S/C24H20N4O4S2/c29-23(17-5-2-1-3-6-17)18-9-11-19(12-10-18)24(30)27-13-15-28(16-14-27)34(31,32)21-8-4-7-20-22(21)26-33-25-20/h1-12H,13-16H2. The third-order valence-corrected chi connectivity index (χ3v) is 8.30. The molecule has 1 aromatic heterocycles. The molecule has 0 spiro atoms. The third kappa shape index (κ3) is 4.11. The Labute approximate surface area is 200 Å². The fourth-order valence-corrected chi connectivity index (χ4v) is 6.14. The van der Waals surface area contributed by atoms with Crippen molar-refractivity contribution in [2.24, 2.45) is 0 Å². The van der Waals surface area contributed by atoms with E-state index in [9.17, 15) is 18.0 Å². The lowest BCUT2D eigenvalue weighted by Crippen LogP contribution is -2.50. The third-order valence-electron chi connectivity index (χ3n) is 5.82. The van der Waals surface area contributed by atoms with Gasteiger partial charge in [-0.05, 0) is 24.3 Å². The summed E-state index contributed by atoms with van der Waals surface area (Å²) in [6.07, 6.45) is 0. The molecule has 1 aliphatic rings. The SMILES string of the molecule is O=C(c1ccccc1)c1ccc(C(=O)N2CCN(S(=O)(=O)c3cccc4nsnc34)CC2)cc1. The zero-order valence-electron chi connectivity index (χ0n) is 18.0. The van der Waals surface area contributed by atoms with Gasteiger partial charge in [-0.1, -0.05) is 48.5 Å². The molecule has 34 heavy (non-hydrogen) atoms. The average Bonchev–Trinajstić information content (AvgIpc) is 3.37. The summed E-state index contributed by atoms with van der Waals surface area (Å²) >= 11 is 0.976. The Kier molecular flexibility index (Phi) is 5.94. The van der Waals surface area contributed by atoms with Gasteiger partial charge in [0.25, 0.3) is 5.91 Å². The van der Waals surface area contributed by atoms with E-state index in [4.69, 9.17) is 0 Å². The normalized spacial score (nSPS) is 14.9. The van der Waals surface area contributed by atoms with E-state index in [-0.39, 0.29) is 42.8 Å². The van der Waals surface area contributed by atoms with Crippen LogP contribution in [0.3, 0.4) is 0 Å². The van der Waals surface area contributed by atoms with Crippen molar-refractivity contribution in [3.8, 4) is 0 Å². The maximum absolute atomic E-state index is 13.2. The molecule has 0 radical (unpaired) electrons. The molecule has 0 unspecified atom stereocenters. The second kappa shape index (κ2) is 9.05. The number of benzene rings is 3. The summed E-state index contributed by atoms with van der Waals surface area (Å²) in [4.78, 5) is 27.3. The molecule has 1 aliphatic heterocycles. The number of aromatic nitrogens is 2. The Bertz CT molecular complexity index is 1460. The van der Waals surface area contributed by atoms with Crippen LogP contribution in [0, 0.1) is 0 Å². The van der Waals surface area contributed by atoms with E-state index in [1.165, 1.54) is 10.4 Å². The highest BCUT2D eigenvalue weighted by Gasteiger charge is 2.32. The maximum Gasteiger partial charge on any atom is 0.253 e. The Hall–Kier alpha value is -3.47. The lowest BCUT2D eigenvalue weighted by atomic mass is 10.0. The monoisotopic (exact) mass is 492 g/mol. The summed E-state index contributed by atoms with van der Waals surface area (Å²) in [5.41, 5.74) is 2.47. The number of hydrogen-bond acceptors (Lipinski definition) is 7. The van der Waals surface area contributed by atoms with Gasteiger partial charge in [0.1, 0.15) is 15.9 Å². The Morgan fingerprint density at radius 2 is 1.38 bits per heavy atom. The molecule has 1 amide bonds. The van der Waals surface area contributed by atoms with Gasteiger partial charge in [-0.15, -0.1) is 0 Å². The van der Waals surface area contributed by atoms with Crippen molar-refractivity contribution < 1.29 is 18.0 Å². The second-order valence-electron chi connectivity index (χ2n) is 7.86. The van der Waals surface area contributed by atoms with Crippen molar-refractivity contribution in [2.45, 2.75) is 4.90 Å². The van der Waals surface area contributed by atoms with Crippen molar-refractivity contribution in [1.82, 2.24) is 18.0 Å². The molecule has 8 nitrogen and oxygen atoms in total. The van der Waals surface area contributed by atoms with Gasteiger partial charge in [0.15, 0.2) is 5.78 Å². The highest BCUT2D eigenvalue weighted by atomic mass is 32.2. The van der Waals surface area contributed by atoms with Crippen LogP contribution in [0.4, 0.5) is 0 Å². The minimum absolute atomic E-state index is 0.108. The summed E-state index contributed by atoms with van der Waals surface area (Å²) in [7, 11) is -3.75. The molecular formula is C24H20N4O4S2. The first-order chi connectivity index (χ1) is 16.4. The molecule has 4 aromatic rings. The van der Waals surface area contributed by atoms with Gasteiger partial charge in [0, 0.05) is 42.9 Å². The Balaban J connectivity index is 1.26. The van der Waals surface area contributed by atoms with Gasteiger partial charge in [0.05, 0.1) is 11.7 Å². The number of ketones is 1. The van der Waals surface area contributed by atoms with Gasteiger partial charge in [-0.3, -0.25) is 9.59 Å². The molecule has 172 valence electrons. The van der Waals surface area contributed by atoms with Crippen molar-refractivity contribution in [3.05, 3.63) is 89.5 Å². The Morgan fingerprint density at radius 3 is 2.09 bits per heavy atom. The van der Waals surface area contributed by atoms with E-state index >= 15 is 0 Å². The van der Waals surface area contributed by atoms with Gasteiger partial charge in [0.2, 0.25) is 10.0 Å². The van der Waals surface area contributed by atoms with Gasteiger partial charge in [-0.2, -0.15) is 13.1 Å². The van der Waals surface area contributed by atoms with E-state index in [1.807, 2.05) is 6.07 Å². The largest absolute Gasteiger partial charge is 0.336 e. The first kappa shape index (κ1) is 22.3. The van der Waals surface area contributed by atoms with Crippen LogP contribution in [-0.2, 0) is 10.0 Å². The summed E-state index contributed by atoms with van der Waals surface area (Å²) in [5, 5.41) is 0. The van der Waals surface area contributed by atoms with Crippen LogP contribution >= 0.6 is 11.7 Å². The number of carbonyl (C=O) groups excluding carboxylic acids is 2. The molecule has 0 atom stereocenters. The van der Waals surface area contributed by atoms with E-state index in [2.05, 4.69) is 8.75 Å². The van der Waals surface area contributed by atoms with Crippen LogP contribution in [0.5, 0.6) is 0 Å². The number of rotatable bonds is 5. The molecule has 0 aliphatic carbocycles. The number of sulfonamides is 1.